The summed E-state index contributed by atoms with van der Waals surface area (Å²) in [4.78, 5) is 27.3. The molecule has 1 amide bonds. The quantitative estimate of drug-likeness (QED) is 0.808. The maximum absolute atomic E-state index is 12.0. The fourth-order valence-corrected chi connectivity index (χ4v) is 1.89. The Morgan fingerprint density at radius 3 is 2.89 bits per heavy atom. The standard InChI is InChI=1S/C12H14N2O4/c1-8-3-2-5-13-9(8)10(15)14-12(11(16)17)4-6-18-7-12/h2-3,5H,4,6-7H2,1H3,(H,14,15)(H,16,17). The minimum atomic E-state index is -1.33. The molecule has 18 heavy (non-hydrogen) atoms. The van der Waals surface area contributed by atoms with E-state index in [9.17, 15) is 14.7 Å². The van der Waals surface area contributed by atoms with Crippen molar-refractivity contribution in [1.29, 1.82) is 0 Å². The molecule has 2 N–H and O–H groups in total. The monoisotopic (exact) mass is 250 g/mol. The van der Waals surface area contributed by atoms with Crippen LogP contribution in [-0.2, 0) is 9.53 Å². The summed E-state index contributed by atoms with van der Waals surface area (Å²) in [5.74, 6) is -1.57. The van der Waals surface area contributed by atoms with Gasteiger partial charge >= 0.3 is 5.97 Å². The summed E-state index contributed by atoms with van der Waals surface area (Å²) in [5.41, 5.74) is -0.388. The van der Waals surface area contributed by atoms with E-state index in [1.807, 2.05) is 0 Å². The molecule has 0 bridgehead atoms. The van der Waals surface area contributed by atoms with E-state index in [0.717, 1.165) is 0 Å². The van der Waals surface area contributed by atoms with Gasteiger partial charge in [-0.15, -0.1) is 0 Å². The normalized spacial score (nSPS) is 22.7. The highest BCUT2D eigenvalue weighted by Gasteiger charge is 2.44. The Morgan fingerprint density at radius 1 is 1.56 bits per heavy atom. The molecule has 1 fully saturated rings. The minimum absolute atomic E-state index is 0.0139. The SMILES string of the molecule is Cc1cccnc1C(=O)NC1(C(=O)O)CCOC1. The van der Waals surface area contributed by atoms with E-state index in [-0.39, 0.29) is 18.7 Å². The van der Waals surface area contributed by atoms with Crippen LogP contribution in [0.3, 0.4) is 0 Å². The van der Waals surface area contributed by atoms with Crippen LogP contribution in [-0.4, -0.2) is 40.7 Å². The van der Waals surface area contributed by atoms with Gasteiger partial charge in [0.15, 0.2) is 5.54 Å². The van der Waals surface area contributed by atoms with Gasteiger partial charge in [0, 0.05) is 19.2 Å². The first-order valence-electron chi connectivity index (χ1n) is 5.60. The van der Waals surface area contributed by atoms with Gasteiger partial charge in [-0.2, -0.15) is 0 Å². The van der Waals surface area contributed by atoms with Crippen LogP contribution < -0.4 is 5.32 Å². The number of rotatable bonds is 3. The minimum Gasteiger partial charge on any atom is -0.479 e. The predicted octanol–water partition coefficient (Wildman–Crippen LogP) is 0.364. The lowest BCUT2D eigenvalue weighted by atomic mass is 9.98. The van der Waals surface area contributed by atoms with Gasteiger partial charge < -0.3 is 15.2 Å². The van der Waals surface area contributed by atoms with Crippen molar-refractivity contribution in [2.75, 3.05) is 13.2 Å². The number of amides is 1. The number of nitrogens with one attached hydrogen (secondary N) is 1. The van der Waals surface area contributed by atoms with Gasteiger partial charge in [0.05, 0.1) is 6.61 Å². The molecule has 0 saturated carbocycles. The Morgan fingerprint density at radius 2 is 2.33 bits per heavy atom. The molecule has 2 heterocycles. The summed E-state index contributed by atoms with van der Waals surface area (Å²) in [6.07, 6.45) is 1.76. The second-order valence-electron chi connectivity index (χ2n) is 4.31. The second kappa shape index (κ2) is 4.73. The van der Waals surface area contributed by atoms with E-state index in [0.29, 0.717) is 12.2 Å². The third kappa shape index (κ3) is 2.19. The molecule has 96 valence electrons. The number of carboxylic acids is 1. The Labute approximate surface area is 104 Å². The number of carbonyl (C=O) groups excluding carboxylic acids is 1. The summed E-state index contributed by atoms with van der Waals surface area (Å²) >= 11 is 0. The van der Waals surface area contributed by atoms with Gasteiger partial charge in [-0.25, -0.2) is 4.79 Å². The molecule has 0 radical (unpaired) electrons. The molecule has 0 aromatic carbocycles. The average molecular weight is 250 g/mol. The lowest BCUT2D eigenvalue weighted by Crippen LogP contribution is -2.55. The zero-order valence-corrected chi connectivity index (χ0v) is 9.97. The third-order valence-corrected chi connectivity index (χ3v) is 3.01. The Balaban J connectivity index is 2.21. The molecule has 1 saturated heterocycles. The number of nitrogens with zero attached hydrogens (tertiary/aromatic N) is 1. The lowest BCUT2D eigenvalue weighted by molar-refractivity contribution is -0.144. The molecule has 6 nitrogen and oxygen atoms in total. The first-order chi connectivity index (χ1) is 8.55. The molecular formula is C12H14N2O4. The van der Waals surface area contributed by atoms with Gasteiger partial charge in [-0.1, -0.05) is 6.07 Å². The van der Waals surface area contributed by atoms with E-state index in [1.165, 1.54) is 6.20 Å². The molecule has 2 rings (SSSR count). The summed E-state index contributed by atoms with van der Waals surface area (Å²) in [5, 5.41) is 11.7. The van der Waals surface area contributed by atoms with Crippen LogP contribution in [0.5, 0.6) is 0 Å². The van der Waals surface area contributed by atoms with Crippen molar-refractivity contribution in [3.05, 3.63) is 29.6 Å². The number of hydrogen-bond donors (Lipinski definition) is 2. The van der Waals surface area contributed by atoms with Crippen molar-refractivity contribution in [1.82, 2.24) is 10.3 Å². The number of pyridine rings is 1. The molecule has 1 aromatic rings. The lowest BCUT2D eigenvalue weighted by Gasteiger charge is -2.23. The number of ether oxygens (including phenoxy) is 1. The predicted molar refractivity (Wildman–Crippen MR) is 62.2 cm³/mol. The van der Waals surface area contributed by atoms with Crippen molar-refractivity contribution >= 4 is 11.9 Å². The van der Waals surface area contributed by atoms with Crippen LogP contribution in [0.2, 0.25) is 0 Å². The van der Waals surface area contributed by atoms with Crippen molar-refractivity contribution in [3.63, 3.8) is 0 Å². The van der Waals surface area contributed by atoms with E-state index < -0.39 is 17.4 Å². The number of aromatic nitrogens is 1. The third-order valence-electron chi connectivity index (χ3n) is 3.01. The number of carbonyl (C=O) groups is 2. The number of carboxylic acid groups (broad SMARTS) is 1. The highest BCUT2D eigenvalue weighted by Crippen LogP contribution is 2.19. The molecule has 0 aliphatic carbocycles. The van der Waals surface area contributed by atoms with Gasteiger partial charge in [-0.05, 0) is 18.6 Å². The Hall–Kier alpha value is -1.95. The van der Waals surface area contributed by atoms with E-state index in [1.54, 1.807) is 19.1 Å². The van der Waals surface area contributed by atoms with Gasteiger partial charge in [0.25, 0.3) is 5.91 Å². The smallest absolute Gasteiger partial charge is 0.331 e. The molecular weight excluding hydrogens is 236 g/mol. The topological polar surface area (TPSA) is 88.5 Å². The first kappa shape index (κ1) is 12.5. The summed E-state index contributed by atoms with van der Waals surface area (Å²) < 4.78 is 5.07. The molecule has 1 unspecified atom stereocenters. The molecule has 6 heteroatoms. The van der Waals surface area contributed by atoms with Gasteiger partial charge in [0.2, 0.25) is 0 Å². The maximum atomic E-state index is 12.0. The number of aryl methyl sites for hydroxylation is 1. The fraction of sp³-hybridized carbons (Fsp3) is 0.417. The average Bonchev–Trinajstić information content (AvgIpc) is 2.79. The van der Waals surface area contributed by atoms with Crippen molar-refractivity contribution in [2.45, 2.75) is 18.9 Å². The van der Waals surface area contributed by atoms with Crippen LogP contribution in [0.15, 0.2) is 18.3 Å². The van der Waals surface area contributed by atoms with Crippen molar-refractivity contribution < 1.29 is 19.4 Å². The van der Waals surface area contributed by atoms with Crippen molar-refractivity contribution in [2.24, 2.45) is 0 Å². The molecule has 1 aliphatic heterocycles. The second-order valence-corrected chi connectivity index (χ2v) is 4.31. The van der Waals surface area contributed by atoms with Crippen LogP contribution in [0.4, 0.5) is 0 Å². The summed E-state index contributed by atoms with van der Waals surface area (Å²) in [6.45, 7) is 2.06. The van der Waals surface area contributed by atoms with Gasteiger partial charge in [0.1, 0.15) is 5.69 Å². The van der Waals surface area contributed by atoms with Crippen LogP contribution in [0, 0.1) is 6.92 Å². The Kier molecular flexibility index (Phi) is 3.29. The molecule has 1 aliphatic rings. The number of aliphatic carboxylic acids is 1. The largest absolute Gasteiger partial charge is 0.479 e. The highest BCUT2D eigenvalue weighted by molar-refractivity contribution is 5.97. The first-order valence-corrected chi connectivity index (χ1v) is 5.60. The van der Waals surface area contributed by atoms with Crippen LogP contribution >= 0.6 is 0 Å². The summed E-state index contributed by atoms with van der Waals surface area (Å²) in [6, 6.07) is 3.47. The van der Waals surface area contributed by atoms with E-state index in [2.05, 4.69) is 10.3 Å². The maximum Gasteiger partial charge on any atom is 0.331 e. The van der Waals surface area contributed by atoms with Crippen LogP contribution in [0.1, 0.15) is 22.5 Å². The van der Waals surface area contributed by atoms with E-state index in [4.69, 9.17) is 4.74 Å². The van der Waals surface area contributed by atoms with Gasteiger partial charge in [-0.3, -0.25) is 9.78 Å². The van der Waals surface area contributed by atoms with Crippen LogP contribution in [0.25, 0.3) is 0 Å². The zero-order chi connectivity index (χ0) is 13.2. The van der Waals surface area contributed by atoms with E-state index >= 15 is 0 Å². The molecule has 1 aromatic heterocycles. The fourth-order valence-electron chi connectivity index (χ4n) is 1.89. The summed E-state index contributed by atoms with van der Waals surface area (Å²) in [7, 11) is 0. The molecule has 0 spiro atoms. The molecule has 1 atom stereocenters. The highest BCUT2D eigenvalue weighted by atomic mass is 16.5. The van der Waals surface area contributed by atoms with Crippen molar-refractivity contribution in [3.8, 4) is 0 Å². The zero-order valence-electron chi connectivity index (χ0n) is 9.97. The number of hydrogen-bond acceptors (Lipinski definition) is 4. The Bertz CT molecular complexity index is 481.